The van der Waals surface area contributed by atoms with Crippen LogP contribution in [0.15, 0.2) is 12.2 Å². The van der Waals surface area contributed by atoms with Gasteiger partial charge in [-0.15, -0.1) is 0 Å². The molecule has 1 saturated heterocycles. The van der Waals surface area contributed by atoms with Crippen LogP contribution in [0.25, 0.3) is 0 Å². The van der Waals surface area contributed by atoms with Gasteiger partial charge in [0.15, 0.2) is 5.78 Å². The number of carbonyl (C=O) groups is 1. The second-order valence-corrected chi connectivity index (χ2v) is 4.01. The van der Waals surface area contributed by atoms with Crippen molar-refractivity contribution >= 4 is 5.78 Å². The molecular weight excluding hydrogens is 214 g/mol. The molecule has 0 aromatic rings. The minimum absolute atomic E-state index is 0.204. The Morgan fingerprint density at radius 3 is 2.35 bits per heavy atom. The summed E-state index contributed by atoms with van der Waals surface area (Å²) in [6.07, 6.45) is 3.55. The SMILES string of the molecule is CC.CNC/C=C/C(=O)CN1CCN(C)CC1. The van der Waals surface area contributed by atoms with Gasteiger partial charge in [-0.1, -0.05) is 19.9 Å². The van der Waals surface area contributed by atoms with Crippen LogP contribution in [0.4, 0.5) is 0 Å². The van der Waals surface area contributed by atoms with Gasteiger partial charge in [-0.05, 0) is 20.2 Å². The fraction of sp³-hybridized carbons (Fsp3) is 0.769. The van der Waals surface area contributed by atoms with Crippen molar-refractivity contribution in [1.29, 1.82) is 0 Å². The van der Waals surface area contributed by atoms with Crippen molar-refractivity contribution in [3.05, 3.63) is 12.2 Å². The topological polar surface area (TPSA) is 35.6 Å². The lowest BCUT2D eigenvalue weighted by molar-refractivity contribution is -0.116. The summed E-state index contributed by atoms with van der Waals surface area (Å²) in [6, 6.07) is 0. The Balaban J connectivity index is 0.00000121. The molecule has 0 saturated carbocycles. The van der Waals surface area contributed by atoms with Gasteiger partial charge in [-0.2, -0.15) is 0 Å². The zero-order valence-corrected chi connectivity index (χ0v) is 11.7. The number of hydrogen-bond donors (Lipinski definition) is 1. The summed E-state index contributed by atoms with van der Waals surface area (Å²) in [5.41, 5.74) is 0. The van der Waals surface area contributed by atoms with E-state index in [1.165, 1.54) is 0 Å². The van der Waals surface area contributed by atoms with E-state index in [4.69, 9.17) is 0 Å². The summed E-state index contributed by atoms with van der Waals surface area (Å²) in [5, 5.41) is 2.97. The zero-order chi connectivity index (χ0) is 13.1. The highest BCUT2D eigenvalue weighted by molar-refractivity contribution is 5.91. The first-order valence-electron chi connectivity index (χ1n) is 6.47. The van der Waals surface area contributed by atoms with Crippen LogP contribution in [0.5, 0.6) is 0 Å². The van der Waals surface area contributed by atoms with Gasteiger partial charge in [0, 0.05) is 32.7 Å². The van der Waals surface area contributed by atoms with E-state index in [2.05, 4.69) is 22.2 Å². The van der Waals surface area contributed by atoms with Gasteiger partial charge in [0.2, 0.25) is 0 Å². The Hall–Kier alpha value is -0.710. The lowest BCUT2D eigenvalue weighted by Crippen LogP contribution is -2.46. The Bertz CT molecular complexity index is 221. The number of carbonyl (C=O) groups excluding carboxylic acids is 1. The second-order valence-electron chi connectivity index (χ2n) is 4.01. The molecule has 1 rings (SSSR count). The van der Waals surface area contributed by atoms with E-state index in [0.29, 0.717) is 6.54 Å². The molecule has 0 atom stereocenters. The molecular formula is C13H27N3O. The molecule has 0 aromatic heterocycles. The summed E-state index contributed by atoms with van der Waals surface area (Å²) >= 11 is 0. The van der Waals surface area contributed by atoms with Gasteiger partial charge in [0.1, 0.15) is 0 Å². The largest absolute Gasteiger partial charge is 0.316 e. The third-order valence-electron chi connectivity index (χ3n) is 2.60. The molecule has 0 aromatic carbocycles. The summed E-state index contributed by atoms with van der Waals surface area (Å²) in [6.45, 7) is 9.45. The van der Waals surface area contributed by atoms with Crippen LogP contribution in [0.2, 0.25) is 0 Å². The number of hydrogen-bond acceptors (Lipinski definition) is 4. The number of likely N-dealkylation sites (N-methyl/N-ethyl adjacent to an activating group) is 2. The van der Waals surface area contributed by atoms with Crippen LogP contribution < -0.4 is 5.32 Å². The van der Waals surface area contributed by atoms with Crippen molar-refractivity contribution < 1.29 is 4.79 Å². The van der Waals surface area contributed by atoms with Crippen LogP contribution >= 0.6 is 0 Å². The standard InChI is InChI=1S/C11H21N3O.C2H6/c1-12-5-3-4-11(15)10-14-8-6-13(2)7-9-14;1-2/h3-4,12H,5-10H2,1-2H3;1-2H3/b4-3+;. The maximum Gasteiger partial charge on any atom is 0.169 e. The predicted octanol–water partition coefficient (Wildman–Crippen LogP) is 0.605. The van der Waals surface area contributed by atoms with E-state index in [9.17, 15) is 4.79 Å². The number of nitrogens with zero attached hydrogens (tertiary/aromatic N) is 2. The predicted molar refractivity (Wildman–Crippen MR) is 73.4 cm³/mol. The van der Waals surface area contributed by atoms with Crippen LogP contribution in [0, 0.1) is 0 Å². The maximum atomic E-state index is 11.5. The number of nitrogens with one attached hydrogen (secondary N) is 1. The van der Waals surface area contributed by atoms with Gasteiger partial charge in [0.25, 0.3) is 0 Å². The molecule has 1 aliphatic rings. The molecule has 17 heavy (non-hydrogen) atoms. The number of piperazine rings is 1. The lowest BCUT2D eigenvalue weighted by atomic mass is 10.2. The highest BCUT2D eigenvalue weighted by Crippen LogP contribution is 1.98. The fourth-order valence-corrected chi connectivity index (χ4v) is 1.59. The summed E-state index contributed by atoms with van der Waals surface area (Å²) < 4.78 is 0. The molecule has 4 nitrogen and oxygen atoms in total. The molecule has 0 bridgehead atoms. The molecule has 100 valence electrons. The van der Waals surface area contributed by atoms with Gasteiger partial charge < -0.3 is 10.2 Å². The third-order valence-corrected chi connectivity index (χ3v) is 2.60. The van der Waals surface area contributed by atoms with E-state index in [-0.39, 0.29) is 5.78 Å². The second kappa shape index (κ2) is 10.4. The molecule has 0 unspecified atom stereocenters. The normalized spacial score (nSPS) is 17.9. The first-order valence-corrected chi connectivity index (χ1v) is 6.47. The van der Waals surface area contributed by atoms with Crippen molar-refractivity contribution in [2.45, 2.75) is 13.8 Å². The minimum atomic E-state index is 0.204. The van der Waals surface area contributed by atoms with Crippen molar-refractivity contribution in [1.82, 2.24) is 15.1 Å². The highest BCUT2D eigenvalue weighted by atomic mass is 16.1. The van der Waals surface area contributed by atoms with Crippen LogP contribution in [0.3, 0.4) is 0 Å². The van der Waals surface area contributed by atoms with E-state index in [1.807, 2.05) is 27.0 Å². The fourth-order valence-electron chi connectivity index (χ4n) is 1.59. The van der Waals surface area contributed by atoms with Gasteiger partial charge in [0.05, 0.1) is 6.54 Å². The average molecular weight is 241 g/mol. The van der Waals surface area contributed by atoms with Crippen molar-refractivity contribution in [2.24, 2.45) is 0 Å². The first kappa shape index (κ1) is 16.3. The molecule has 1 aliphatic heterocycles. The summed E-state index contributed by atoms with van der Waals surface area (Å²) in [7, 11) is 3.99. The molecule has 0 spiro atoms. The average Bonchev–Trinajstić information content (AvgIpc) is 2.35. The van der Waals surface area contributed by atoms with Crippen LogP contribution in [0.1, 0.15) is 13.8 Å². The van der Waals surface area contributed by atoms with Gasteiger partial charge in [-0.3, -0.25) is 9.69 Å². The van der Waals surface area contributed by atoms with Crippen LogP contribution in [-0.4, -0.2) is 68.9 Å². The Morgan fingerprint density at radius 1 is 1.24 bits per heavy atom. The Morgan fingerprint density at radius 2 is 1.82 bits per heavy atom. The van der Waals surface area contributed by atoms with E-state index in [1.54, 1.807) is 6.08 Å². The molecule has 1 fully saturated rings. The molecule has 1 heterocycles. The van der Waals surface area contributed by atoms with E-state index < -0.39 is 0 Å². The lowest BCUT2D eigenvalue weighted by Gasteiger charge is -2.31. The van der Waals surface area contributed by atoms with Crippen molar-refractivity contribution in [2.75, 3.05) is 53.4 Å². The number of ketones is 1. The highest BCUT2D eigenvalue weighted by Gasteiger charge is 2.14. The van der Waals surface area contributed by atoms with Gasteiger partial charge >= 0.3 is 0 Å². The van der Waals surface area contributed by atoms with Crippen LogP contribution in [-0.2, 0) is 4.79 Å². The number of rotatable bonds is 5. The smallest absolute Gasteiger partial charge is 0.169 e. The molecule has 4 heteroatoms. The summed E-state index contributed by atoms with van der Waals surface area (Å²) in [5.74, 6) is 0.204. The molecule has 1 N–H and O–H groups in total. The molecule has 0 aliphatic carbocycles. The van der Waals surface area contributed by atoms with Gasteiger partial charge in [-0.25, -0.2) is 0 Å². The molecule has 0 radical (unpaired) electrons. The quantitative estimate of drug-likeness (QED) is 0.715. The monoisotopic (exact) mass is 241 g/mol. The van der Waals surface area contributed by atoms with E-state index in [0.717, 1.165) is 32.7 Å². The maximum absolute atomic E-state index is 11.5. The third kappa shape index (κ3) is 8.07. The summed E-state index contributed by atoms with van der Waals surface area (Å²) in [4.78, 5) is 16.0. The Labute approximate surface area is 106 Å². The van der Waals surface area contributed by atoms with Crippen molar-refractivity contribution in [3.63, 3.8) is 0 Å². The zero-order valence-electron chi connectivity index (χ0n) is 11.7. The first-order chi connectivity index (χ1) is 8.22. The Kier molecular flexibility index (Phi) is 10.0. The van der Waals surface area contributed by atoms with E-state index >= 15 is 0 Å². The molecule has 0 amide bonds. The van der Waals surface area contributed by atoms with Crippen molar-refractivity contribution in [3.8, 4) is 0 Å². The minimum Gasteiger partial charge on any atom is -0.316 e.